The number of aromatic nitrogens is 4. The van der Waals surface area contributed by atoms with Crippen LogP contribution in [0.25, 0.3) is 0 Å². The van der Waals surface area contributed by atoms with E-state index < -0.39 is 6.51 Å². The molecule has 10 saturated heterocycles. The second-order valence-electron chi connectivity index (χ2n) is 16.9. The molecule has 13 rings (SSSR count). The predicted molar refractivity (Wildman–Crippen MR) is 147 cm³/mol. The van der Waals surface area contributed by atoms with Crippen LogP contribution in [-0.2, 0) is 16.0 Å². The van der Waals surface area contributed by atoms with Crippen LogP contribution >= 0.6 is 18.5 Å². The molecule has 1 aromatic carbocycles. The summed E-state index contributed by atoms with van der Waals surface area (Å²) in [6.07, 6.45) is 12.9. The molecule has 2 aromatic heterocycles. The molecule has 7 heteroatoms. The van der Waals surface area contributed by atoms with Crippen molar-refractivity contribution in [1.29, 1.82) is 0 Å². The van der Waals surface area contributed by atoms with Gasteiger partial charge < -0.3 is 0 Å². The molecule has 0 saturated carbocycles. The summed E-state index contributed by atoms with van der Waals surface area (Å²) in [7, 11) is 6.89. The van der Waals surface area contributed by atoms with E-state index in [1.807, 2.05) is 24.8 Å². The predicted octanol–water partition coefficient (Wildman–Crippen LogP) is 6.91. The summed E-state index contributed by atoms with van der Waals surface area (Å²) in [4.78, 5) is 26.0. The van der Waals surface area contributed by atoms with Crippen molar-refractivity contribution >= 4 is 18.5 Å². The van der Waals surface area contributed by atoms with Crippen molar-refractivity contribution in [3.8, 4) is 0 Å². The van der Waals surface area contributed by atoms with Crippen molar-refractivity contribution in [2.24, 2.45) is 5.41 Å². The van der Waals surface area contributed by atoms with Gasteiger partial charge in [0.15, 0.2) is 0 Å². The van der Waals surface area contributed by atoms with Gasteiger partial charge in [-0.05, 0) is 0 Å². The average molecular weight is 566 g/mol. The minimum absolute atomic E-state index is 0.238. The Kier molecular flexibility index (Phi) is 1.35. The Hall–Kier alpha value is -1.24. The van der Waals surface area contributed by atoms with Crippen LogP contribution in [0.4, 0.5) is 0 Å². The molecule has 0 N–H and O–H groups in total. The Labute approximate surface area is 212 Å². The molecule has 1 spiro atoms. The molecule has 37 heavy (non-hydrogen) atoms. The number of hydrogen-bond donors (Lipinski definition) is 0. The van der Waals surface area contributed by atoms with E-state index in [-0.39, 0.29) is 14.9 Å². The van der Waals surface area contributed by atoms with Gasteiger partial charge in [0, 0.05) is 0 Å². The summed E-state index contributed by atoms with van der Waals surface area (Å²) in [6, 6.07) is 12.1. The van der Waals surface area contributed by atoms with Crippen LogP contribution in [0.15, 0.2) is 67.5 Å². The molecule has 7 unspecified atom stereocenters. The molecule has 0 amide bonds. The van der Waals surface area contributed by atoms with E-state index in [0.29, 0.717) is 12.9 Å². The molecule has 190 valence electrons. The molecule has 12 heterocycles. The number of benzene rings is 1. The summed E-state index contributed by atoms with van der Waals surface area (Å²) in [5.74, 6) is 0. The van der Waals surface area contributed by atoms with Crippen LogP contribution in [0.3, 0.4) is 0 Å². The van der Waals surface area contributed by atoms with Crippen molar-refractivity contribution in [2.45, 2.75) is 72.1 Å². The van der Waals surface area contributed by atoms with Crippen molar-refractivity contribution in [3.63, 3.8) is 0 Å². The normalized spacial score (nSPS) is 67.9. The van der Waals surface area contributed by atoms with E-state index in [9.17, 15) is 0 Å². The van der Waals surface area contributed by atoms with Gasteiger partial charge in [0.05, 0.1) is 0 Å². The summed E-state index contributed by atoms with van der Waals surface area (Å²) in [5.41, 5.74) is 4.23. The first kappa shape index (κ1) is 18.9. The average Bonchev–Trinajstić information content (AvgIpc) is 3.87. The van der Waals surface area contributed by atoms with Gasteiger partial charge in [-0.15, -0.1) is 0 Å². The molecule has 4 nitrogen and oxygen atoms in total. The van der Waals surface area contributed by atoms with E-state index in [0.717, 1.165) is 40.3 Å². The van der Waals surface area contributed by atoms with Crippen molar-refractivity contribution in [3.05, 3.63) is 84.5 Å². The second kappa shape index (κ2) is 2.63. The zero-order valence-corrected chi connectivity index (χ0v) is 24.7. The Morgan fingerprint density at radius 1 is 0.811 bits per heavy atom. The topological polar surface area (TPSA) is 51.6 Å². The molecular weight excluding hydrogens is 534 g/mol. The number of rotatable bonds is 5. The van der Waals surface area contributed by atoms with Gasteiger partial charge in [-0.1, -0.05) is 0 Å². The second-order valence-corrected chi connectivity index (χ2v) is 40.8. The van der Waals surface area contributed by atoms with Gasteiger partial charge in [-0.2, -0.15) is 0 Å². The summed E-state index contributed by atoms with van der Waals surface area (Å²) in [6.45, 7) is 3.44. The molecule has 10 fully saturated rings. The Morgan fingerprint density at radius 3 is 1.76 bits per heavy atom. The van der Waals surface area contributed by atoms with Crippen molar-refractivity contribution < 1.29 is 6.51 Å². The quantitative estimate of drug-likeness (QED) is 0.249. The van der Waals surface area contributed by atoms with Gasteiger partial charge in [-0.3, -0.25) is 0 Å². The van der Waals surface area contributed by atoms with Crippen LogP contribution in [0, 0.1) is 5.41 Å². The van der Waals surface area contributed by atoms with E-state index in [1.165, 1.54) is 6.16 Å². The third kappa shape index (κ3) is 0.372. The van der Waals surface area contributed by atoms with Gasteiger partial charge in [0.25, 0.3) is 0 Å². The van der Waals surface area contributed by atoms with Gasteiger partial charge in [0.2, 0.25) is 0 Å². The summed E-state index contributed by atoms with van der Waals surface area (Å²) in [5, 5.41) is -0.333. The van der Waals surface area contributed by atoms with Crippen LogP contribution in [0.1, 0.15) is 37.7 Å². The monoisotopic (exact) mass is 566 g/mol. The maximum atomic E-state index is 5.16. The molecule has 0 bridgehead atoms. The third-order valence-corrected chi connectivity index (χ3v) is 67.7. The Bertz CT molecular complexity index is 2040. The molecule has 3 aromatic rings. The first-order valence-corrected chi connectivity index (χ1v) is 21.3. The van der Waals surface area contributed by atoms with Crippen LogP contribution in [0.2, 0.25) is 41.8 Å². The zero-order chi connectivity index (χ0) is 24.8. The number of hydrogen-bond acceptors (Lipinski definition) is 4. The Balaban J connectivity index is 1.31. The van der Waals surface area contributed by atoms with E-state index in [1.54, 1.807) is 5.56 Å². The van der Waals surface area contributed by atoms with E-state index >= 15 is 0 Å². The van der Waals surface area contributed by atoms with Crippen molar-refractivity contribution in [1.82, 2.24) is 19.9 Å². The SMILES string of the molecule is CC(C)(C)[C]12[C]3(c4ccccc4)[CH]4[C]5(CP)[C]1(C(P)(c1cnccn1)c1cnccn1)[Fe]45321678[CH]2[CH]1[CH]6[CH]7[CH]28. The standard InChI is InChI=1S/C25H27N4P2.C5H5.Fe/c1-24(2,3)23-19(17-7-5-4-6-8-17)13-18(16-30)22(23)25(31,20-14-26-9-11-28-20)21-15-27-10-12-29-21;1-2-4-5-3-1;/h4-15H,16,30-31H2,1-3H3;1-5H;. The van der Waals surface area contributed by atoms with Gasteiger partial charge in [-0.25, -0.2) is 0 Å². The third-order valence-electron chi connectivity index (χ3n) is 20.5. The van der Waals surface area contributed by atoms with Crippen molar-refractivity contribution in [2.75, 3.05) is 6.16 Å². The molecule has 7 atom stereocenters. The fraction of sp³-hybridized carbons (Fsp3) is 0.533. The van der Waals surface area contributed by atoms with Crippen LogP contribution in [-0.4, -0.2) is 26.1 Å². The fourth-order valence-corrected chi connectivity index (χ4v) is 116. The summed E-state index contributed by atoms with van der Waals surface area (Å²) < 4.78 is 1.70. The van der Waals surface area contributed by atoms with E-state index in [4.69, 9.17) is 19.9 Å². The fourth-order valence-electron chi connectivity index (χ4n) is 24.8. The van der Waals surface area contributed by atoms with Crippen LogP contribution < -0.4 is 0 Å². The zero-order valence-electron chi connectivity index (χ0n) is 21.3. The Morgan fingerprint density at radius 2 is 1.35 bits per heavy atom. The van der Waals surface area contributed by atoms with Gasteiger partial charge >= 0.3 is 213 Å². The van der Waals surface area contributed by atoms with E-state index in [2.05, 4.69) is 82.0 Å². The maximum absolute atomic E-state index is 5.16. The minimum atomic E-state index is -4.50. The number of fused-ring (bicyclic) bond motifs is 10. The molecule has 0 aliphatic carbocycles. The number of nitrogens with zero attached hydrogens (tertiary/aromatic N) is 4. The molecule has 10 aliphatic rings. The first-order valence-electron chi connectivity index (χ1n) is 13.9. The van der Waals surface area contributed by atoms with Gasteiger partial charge in [0.1, 0.15) is 0 Å². The molecule has 10 aliphatic heterocycles. The molecule has 0 radical (unpaired) electrons. The summed E-state index contributed by atoms with van der Waals surface area (Å²) >= 11 is 0. The first-order chi connectivity index (χ1) is 17.6. The van der Waals surface area contributed by atoms with Crippen LogP contribution in [0.5, 0.6) is 0 Å². The molecular formula is C30H32FeN4P2.